The molecule has 0 radical (unpaired) electrons. The molecule has 0 aliphatic carbocycles. The van der Waals surface area contributed by atoms with Gasteiger partial charge in [-0.3, -0.25) is 29.0 Å². The van der Waals surface area contributed by atoms with E-state index in [1.807, 2.05) is 13.8 Å². The van der Waals surface area contributed by atoms with Crippen LogP contribution in [0.2, 0.25) is 0 Å². The Morgan fingerprint density at radius 1 is 0.791 bits per heavy atom. The number of aromatic amines is 1. The third-order valence-corrected chi connectivity index (χ3v) is 6.72. The van der Waals surface area contributed by atoms with Crippen molar-refractivity contribution in [3.05, 3.63) is 44.1 Å². The number of benzene rings is 1. The van der Waals surface area contributed by atoms with Crippen molar-refractivity contribution in [2.45, 2.75) is 92.1 Å². The molecule has 0 saturated heterocycles. The van der Waals surface area contributed by atoms with E-state index in [1.165, 1.54) is 4.57 Å². The van der Waals surface area contributed by atoms with Crippen molar-refractivity contribution in [1.29, 1.82) is 0 Å². The molecule has 2 heterocycles. The zero-order valence-electron chi connectivity index (χ0n) is 25.1. The molecule has 0 unspecified atom stereocenters. The Morgan fingerprint density at radius 2 is 1.35 bits per heavy atom. The quantitative estimate of drug-likeness (QED) is 0.171. The summed E-state index contributed by atoms with van der Waals surface area (Å²) < 4.78 is 23.8. The number of hydrogen-bond acceptors (Lipinski definition) is 12. The van der Waals surface area contributed by atoms with Gasteiger partial charge in [0.15, 0.2) is 29.8 Å². The molecule has 43 heavy (non-hydrogen) atoms. The average Bonchev–Trinajstić information content (AvgIpc) is 2.98. The second-order valence-corrected chi connectivity index (χ2v) is 9.80. The van der Waals surface area contributed by atoms with Crippen LogP contribution >= 0.6 is 0 Å². The van der Waals surface area contributed by atoms with Gasteiger partial charge in [-0.25, -0.2) is 9.78 Å². The number of aromatic nitrogens is 4. The Bertz CT molecular complexity index is 1590. The van der Waals surface area contributed by atoms with E-state index < -0.39 is 60.0 Å². The van der Waals surface area contributed by atoms with Crippen LogP contribution in [-0.4, -0.2) is 68.3 Å². The highest BCUT2D eigenvalue weighted by Crippen LogP contribution is 2.26. The molecule has 0 fully saturated rings. The third-order valence-electron chi connectivity index (χ3n) is 6.72. The zero-order valence-corrected chi connectivity index (χ0v) is 25.1. The Balaban J connectivity index is 2.29. The van der Waals surface area contributed by atoms with Gasteiger partial charge >= 0.3 is 29.6 Å². The Labute approximate surface area is 247 Å². The maximum Gasteiger partial charge on any atom is 0.349 e. The Kier molecular flexibility index (Phi) is 11.1. The highest BCUT2D eigenvalue weighted by Gasteiger charge is 2.40. The normalized spacial score (nSPS) is 13.3. The molecule has 1 aromatic carbocycles. The largest absolute Gasteiger partial charge is 0.462 e. The zero-order chi connectivity index (χ0) is 31.8. The number of nitrogens with zero attached hydrogens (tertiary/aromatic N) is 3. The topological polar surface area (TPSA) is 186 Å². The van der Waals surface area contributed by atoms with Crippen LogP contribution in [0.25, 0.3) is 22.6 Å². The fourth-order valence-electron chi connectivity index (χ4n) is 4.23. The molecular formula is C29H36N4O10. The van der Waals surface area contributed by atoms with Gasteiger partial charge in [0.05, 0.1) is 17.6 Å². The van der Waals surface area contributed by atoms with E-state index in [2.05, 4.69) is 15.0 Å². The minimum Gasteiger partial charge on any atom is -0.462 e. The van der Waals surface area contributed by atoms with Crippen molar-refractivity contribution in [2.75, 3.05) is 6.61 Å². The van der Waals surface area contributed by atoms with E-state index in [-0.39, 0.29) is 43.7 Å². The second-order valence-electron chi connectivity index (χ2n) is 9.80. The van der Waals surface area contributed by atoms with Gasteiger partial charge in [-0.1, -0.05) is 27.7 Å². The first-order valence-electron chi connectivity index (χ1n) is 14.1. The van der Waals surface area contributed by atoms with Crippen LogP contribution in [0.1, 0.15) is 64.5 Å². The smallest absolute Gasteiger partial charge is 0.349 e. The predicted molar refractivity (Wildman–Crippen MR) is 152 cm³/mol. The third kappa shape index (κ3) is 8.02. The summed E-state index contributed by atoms with van der Waals surface area (Å²) in [6.45, 7) is 9.15. The van der Waals surface area contributed by atoms with Gasteiger partial charge in [0.2, 0.25) is 0 Å². The number of nitrogens with one attached hydrogen (secondary N) is 1. The van der Waals surface area contributed by atoms with Crippen molar-refractivity contribution in [2.24, 2.45) is 0 Å². The van der Waals surface area contributed by atoms with Crippen molar-refractivity contribution >= 4 is 34.9 Å². The first-order chi connectivity index (χ1) is 20.4. The fraction of sp³-hybridized carbons (Fsp3) is 0.517. The van der Waals surface area contributed by atoms with Crippen molar-refractivity contribution in [1.82, 2.24) is 19.5 Å². The van der Waals surface area contributed by atoms with Crippen LogP contribution < -0.4 is 11.2 Å². The number of esters is 4. The molecule has 0 spiro atoms. The molecule has 1 N–H and O–H groups in total. The van der Waals surface area contributed by atoms with E-state index in [4.69, 9.17) is 18.9 Å². The lowest BCUT2D eigenvalue weighted by Crippen LogP contribution is -2.49. The van der Waals surface area contributed by atoms with Gasteiger partial charge in [0.25, 0.3) is 5.56 Å². The van der Waals surface area contributed by atoms with Crippen LogP contribution in [-0.2, 0) is 44.7 Å². The average molecular weight is 601 g/mol. The minimum atomic E-state index is -1.46. The summed E-state index contributed by atoms with van der Waals surface area (Å²) in [7, 11) is 0. The van der Waals surface area contributed by atoms with Crippen LogP contribution in [0.3, 0.4) is 0 Å². The summed E-state index contributed by atoms with van der Waals surface area (Å²) in [5.41, 5.74) is 0.704. The number of rotatable bonds is 13. The first kappa shape index (κ1) is 32.9. The van der Waals surface area contributed by atoms with Gasteiger partial charge < -0.3 is 23.5 Å². The number of ether oxygens (including phenoxy) is 4. The van der Waals surface area contributed by atoms with E-state index in [9.17, 15) is 28.8 Å². The van der Waals surface area contributed by atoms with Crippen molar-refractivity contribution in [3.63, 3.8) is 0 Å². The Morgan fingerprint density at radius 3 is 1.95 bits per heavy atom. The standard InChI is InChI=1S/C29H36N4O10/c1-7-21(34)40-14-20(42-23(36)9-3)26(43-24(37)10-4)19(41-22(35)8-2)13-33-18-12-16(6)15(5)11-17(18)30-25-27(33)31-29(39)32-28(25)38/h11-12,19-20,26H,7-10,13-14H2,1-6H3,(H,32,38,39)/t19-,20-,26+/m1/s1. The molecule has 2 aliphatic heterocycles. The van der Waals surface area contributed by atoms with Gasteiger partial charge in [-0.15, -0.1) is 0 Å². The number of carbonyl (C=O) groups excluding carboxylic acids is 4. The molecule has 0 saturated carbocycles. The number of H-pyrrole nitrogens is 1. The van der Waals surface area contributed by atoms with Crippen LogP contribution in [0.4, 0.5) is 0 Å². The van der Waals surface area contributed by atoms with Gasteiger partial charge in [-0.05, 0) is 37.1 Å². The van der Waals surface area contributed by atoms with E-state index in [1.54, 1.807) is 39.8 Å². The lowest BCUT2D eigenvalue weighted by Gasteiger charge is -2.33. The monoisotopic (exact) mass is 600 g/mol. The summed E-state index contributed by atoms with van der Waals surface area (Å²) in [5, 5.41) is 0. The fourth-order valence-corrected chi connectivity index (χ4v) is 4.23. The van der Waals surface area contributed by atoms with Crippen LogP contribution in [0.15, 0.2) is 21.7 Å². The molecule has 14 heteroatoms. The summed E-state index contributed by atoms with van der Waals surface area (Å²) in [6.07, 6.45) is -4.34. The lowest BCUT2D eigenvalue weighted by atomic mass is 10.1. The van der Waals surface area contributed by atoms with Gasteiger partial charge in [0.1, 0.15) is 6.61 Å². The van der Waals surface area contributed by atoms with Gasteiger partial charge in [-0.2, -0.15) is 4.98 Å². The van der Waals surface area contributed by atoms with Crippen LogP contribution in [0, 0.1) is 13.8 Å². The molecule has 232 valence electrons. The van der Waals surface area contributed by atoms with Crippen LogP contribution in [0.5, 0.6) is 0 Å². The highest BCUT2D eigenvalue weighted by atomic mass is 16.6. The minimum absolute atomic E-state index is 0.0312. The molecule has 3 atom stereocenters. The molecule has 0 aromatic heterocycles. The molecule has 2 aliphatic rings. The molecule has 0 bridgehead atoms. The molecular weight excluding hydrogens is 564 g/mol. The Hall–Kier alpha value is -4.62. The SMILES string of the molecule is CCC(=O)OC[C@@H](OC(=O)CC)[C@@H](OC(=O)CC)[C@@H](Cn1c2nc(=O)[nH]c(=O)c-2nc2cc(C)c(C)cc21)OC(=O)CC. The maximum absolute atomic E-state index is 12.8. The van der Waals surface area contributed by atoms with E-state index in [0.717, 1.165) is 11.1 Å². The number of hydrogen-bond donors (Lipinski definition) is 1. The summed E-state index contributed by atoms with van der Waals surface area (Å²) >= 11 is 0. The van der Waals surface area contributed by atoms with E-state index in [0.29, 0.717) is 11.0 Å². The molecule has 1 aromatic rings. The first-order valence-corrected chi connectivity index (χ1v) is 14.1. The summed E-state index contributed by atoms with van der Waals surface area (Å²) in [6, 6.07) is 3.52. The maximum atomic E-state index is 12.8. The summed E-state index contributed by atoms with van der Waals surface area (Å²) in [4.78, 5) is 85.5. The van der Waals surface area contributed by atoms with Gasteiger partial charge in [0, 0.05) is 25.7 Å². The second kappa shape index (κ2) is 14.5. The number of carbonyl (C=O) groups is 4. The molecule has 0 amide bonds. The predicted octanol–water partition coefficient (Wildman–Crippen LogP) is 2.12. The summed E-state index contributed by atoms with van der Waals surface area (Å²) in [5.74, 6) is -2.78. The van der Waals surface area contributed by atoms with E-state index >= 15 is 0 Å². The van der Waals surface area contributed by atoms with Crippen molar-refractivity contribution in [3.8, 4) is 11.5 Å². The number of aryl methyl sites for hydroxylation is 2. The number of fused-ring (bicyclic) bond motifs is 2. The van der Waals surface area contributed by atoms with Crippen molar-refractivity contribution < 1.29 is 38.1 Å². The molecule has 14 nitrogen and oxygen atoms in total. The highest BCUT2D eigenvalue weighted by molar-refractivity contribution is 5.81. The molecule has 3 rings (SSSR count). The lowest BCUT2D eigenvalue weighted by molar-refractivity contribution is -0.192.